The van der Waals surface area contributed by atoms with Gasteiger partial charge in [-0.1, -0.05) is 5.92 Å². The molecule has 19 heavy (non-hydrogen) atoms. The zero-order valence-corrected chi connectivity index (χ0v) is 10.4. The van der Waals surface area contributed by atoms with E-state index in [0.29, 0.717) is 5.69 Å². The molecule has 1 aromatic rings. The molecule has 0 aliphatic rings. The zero-order chi connectivity index (χ0) is 14.4. The fourth-order valence-corrected chi connectivity index (χ4v) is 1.45. The van der Waals surface area contributed by atoms with E-state index in [1.807, 2.05) is 0 Å². The Kier molecular flexibility index (Phi) is 4.77. The second-order valence-electron chi connectivity index (χ2n) is 3.84. The number of terminal acetylenes is 1. The van der Waals surface area contributed by atoms with Crippen LogP contribution in [0.3, 0.4) is 0 Å². The lowest BCUT2D eigenvalue weighted by atomic mass is 10.2. The van der Waals surface area contributed by atoms with Crippen molar-refractivity contribution in [1.82, 2.24) is 4.90 Å². The van der Waals surface area contributed by atoms with Gasteiger partial charge in [-0.05, 0) is 24.3 Å². The standard InChI is InChI=1S/C13H14N2O4/c1-3-8-14(2)13(19)15(9-12(17)18)10-4-6-11(16)7-5-10/h1,4-7,16H,8-9H2,2H3,(H,17,18). The number of nitrogens with zero attached hydrogens (tertiary/aromatic N) is 2. The molecule has 1 rings (SSSR count). The van der Waals surface area contributed by atoms with Crippen LogP contribution in [-0.2, 0) is 4.79 Å². The molecule has 0 aromatic heterocycles. The largest absolute Gasteiger partial charge is 0.508 e. The van der Waals surface area contributed by atoms with E-state index >= 15 is 0 Å². The Morgan fingerprint density at radius 2 is 1.89 bits per heavy atom. The van der Waals surface area contributed by atoms with Crippen LogP contribution in [0.2, 0.25) is 0 Å². The van der Waals surface area contributed by atoms with E-state index in [-0.39, 0.29) is 12.3 Å². The Morgan fingerprint density at radius 3 is 2.37 bits per heavy atom. The molecule has 2 N–H and O–H groups in total. The van der Waals surface area contributed by atoms with Crippen molar-refractivity contribution in [2.45, 2.75) is 0 Å². The molecule has 0 spiro atoms. The van der Waals surface area contributed by atoms with Gasteiger partial charge in [0.25, 0.3) is 0 Å². The minimum atomic E-state index is -1.14. The van der Waals surface area contributed by atoms with Gasteiger partial charge in [-0.2, -0.15) is 0 Å². The Labute approximate surface area is 110 Å². The topological polar surface area (TPSA) is 81.1 Å². The smallest absolute Gasteiger partial charge is 0.325 e. The number of carboxylic acids is 1. The lowest BCUT2D eigenvalue weighted by molar-refractivity contribution is -0.135. The van der Waals surface area contributed by atoms with Crippen LogP contribution < -0.4 is 4.90 Å². The molecule has 6 heteroatoms. The van der Waals surface area contributed by atoms with Gasteiger partial charge in [-0.25, -0.2) is 4.79 Å². The number of hydrogen-bond acceptors (Lipinski definition) is 3. The summed E-state index contributed by atoms with van der Waals surface area (Å²) in [5, 5.41) is 18.1. The van der Waals surface area contributed by atoms with Crippen molar-refractivity contribution >= 4 is 17.7 Å². The van der Waals surface area contributed by atoms with Crippen LogP contribution in [0.4, 0.5) is 10.5 Å². The molecule has 0 unspecified atom stereocenters. The van der Waals surface area contributed by atoms with Crippen LogP contribution in [0.1, 0.15) is 0 Å². The van der Waals surface area contributed by atoms with Gasteiger partial charge in [0.15, 0.2) is 0 Å². The average molecular weight is 262 g/mol. The third-order valence-corrected chi connectivity index (χ3v) is 2.34. The predicted octanol–water partition coefficient (Wildman–Crippen LogP) is 0.968. The summed E-state index contributed by atoms with van der Waals surface area (Å²) in [5.41, 5.74) is 0.370. The minimum absolute atomic E-state index is 0.0310. The van der Waals surface area contributed by atoms with Crippen molar-refractivity contribution in [3.63, 3.8) is 0 Å². The molecule has 1 aromatic carbocycles. The molecule has 100 valence electrons. The molecule has 0 aliphatic heterocycles. The number of benzene rings is 1. The summed E-state index contributed by atoms with van der Waals surface area (Å²) < 4.78 is 0. The van der Waals surface area contributed by atoms with Gasteiger partial charge in [0, 0.05) is 12.7 Å². The highest BCUT2D eigenvalue weighted by atomic mass is 16.4. The number of phenolic OH excluding ortho intramolecular Hbond substituents is 1. The van der Waals surface area contributed by atoms with Gasteiger partial charge in [0.2, 0.25) is 0 Å². The number of carbonyl (C=O) groups excluding carboxylic acids is 1. The van der Waals surface area contributed by atoms with Gasteiger partial charge >= 0.3 is 12.0 Å². The summed E-state index contributed by atoms with van der Waals surface area (Å²) >= 11 is 0. The molecule has 0 saturated carbocycles. The van der Waals surface area contributed by atoms with Crippen molar-refractivity contribution in [2.24, 2.45) is 0 Å². The lowest BCUT2D eigenvalue weighted by Gasteiger charge is -2.25. The fourth-order valence-electron chi connectivity index (χ4n) is 1.45. The number of phenols is 1. The van der Waals surface area contributed by atoms with Gasteiger partial charge < -0.3 is 15.1 Å². The summed E-state index contributed by atoms with van der Waals surface area (Å²) in [5.74, 6) is 1.20. The number of amides is 2. The highest BCUT2D eigenvalue weighted by Gasteiger charge is 2.21. The fraction of sp³-hybridized carbons (Fsp3) is 0.231. The third kappa shape index (κ3) is 3.92. The number of hydrogen-bond donors (Lipinski definition) is 2. The molecule has 6 nitrogen and oxygen atoms in total. The van der Waals surface area contributed by atoms with E-state index in [0.717, 1.165) is 4.90 Å². The van der Waals surface area contributed by atoms with E-state index < -0.39 is 18.5 Å². The van der Waals surface area contributed by atoms with E-state index in [2.05, 4.69) is 5.92 Å². The first-order valence-corrected chi connectivity index (χ1v) is 5.42. The van der Waals surface area contributed by atoms with Crippen molar-refractivity contribution in [3.05, 3.63) is 24.3 Å². The molecule has 0 atom stereocenters. The van der Waals surface area contributed by atoms with Crippen molar-refractivity contribution in [3.8, 4) is 18.1 Å². The molecule has 0 heterocycles. The SMILES string of the molecule is C#CCN(C)C(=O)N(CC(=O)O)c1ccc(O)cc1. The first-order chi connectivity index (χ1) is 8.95. The van der Waals surface area contributed by atoms with Gasteiger partial charge in [0.1, 0.15) is 12.3 Å². The van der Waals surface area contributed by atoms with E-state index in [9.17, 15) is 14.7 Å². The number of rotatable bonds is 4. The second kappa shape index (κ2) is 6.31. The Hall–Kier alpha value is -2.68. The first-order valence-electron chi connectivity index (χ1n) is 5.42. The normalized spacial score (nSPS) is 9.47. The van der Waals surface area contributed by atoms with E-state index in [1.165, 1.54) is 36.2 Å². The number of urea groups is 1. The lowest BCUT2D eigenvalue weighted by Crippen LogP contribution is -2.44. The maximum Gasteiger partial charge on any atom is 0.325 e. The Bertz CT molecular complexity index is 504. The van der Waals surface area contributed by atoms with Gasteiger partial charge in [-0.3, -0.25) is 9.69 Å². The zero-order valence-electron chi connectivity index (χ0n) is 10.4. The number of carbonyl (C=O) groups is 2. The molecule has 0 fully saturated rings. The first kappa shape index (κ1) is 14.4. The second-order valence-corrected chi connectivity index (χ2v) is 3.84. The highest BCUT2D eigenvalue weighted by Crippen LogP contribution is 2.19. The summed E-state index contributed by atoms with van der Waals surface area (Å²) in [7, 11) is 1.48. The summed E-state index contributed by atoms with van der Waals surface area (Å²) in [6.45, 7) is -0.411. The monoisotopic (exact) mass is 262 g/mol. The predicted molar refractivity (Wildman–Crippen MR) is 69.9 cm³/mol. The van der Waals surface area contributed by atoms with Crippen LogP contribution in [-0.4, -0.2) is 47.3 Å². The number of aliphatic carboxylic acids is 1. The van der Waals surface area contributed by atoms with Gasteiger partial charge in [-0.15, -0.1) is 6.42 Å². The minimum Gasteiger partial charge on any atom is -0.508 e. The van der Waals surface area contributed by atoms with E-state index in [1.54, 1.807) is 0 Å². The molecular formula is C13H14N2O4. The molecular weight excluding hydrogens is 248 g/mol. The molecule has 0 saturated heterocycles. The van der Waals surface area contributed by atoms with Crippen LogP contribution in [0.5, 0.6) is 5.75 Å². The summed E-state index contributed by atoms with van der Waals surface area (Å²) in [6, 6.07) is 5.14. The average Bonchev–Trinajstić information content (AvgIpc) is 2.36. The molecule has 2 amide bonds. The maximum atomic E-state index is 12.1. The maximum absolute atomic E-state index is 12.1. The van der Waals surface area contributed by atoms with Gasteiger partial charge in [0.05, 0.1) is 6.54 Å². The molecule has 0 bridgehead atoms. The van der Waals surface area contributed by atoms with Crippen LogP contribution in [0.25, 0.3) is 0 Å². The number of anilines is 1. The molecule has 0 radical (unpaired) electrons. The van der Waals surface area contributed by atoms with Crippen LogP contribution in [0, 0.1) is 12.3 Å². The van der Waals surface area contributed by atoms with E-state index in [4.69, 9.17) is 11.5 Å². The van der Waals surface area contributed by atoms with Crippen LogP contribution >= 0.6 is 0 Å². The summed E-state index contributed by atoms with van der Waals surface area (Å²) in [6.07, 6.45) is 5.12. The highest BCUT2D eigenvalue weighted by molar-refractivity contribution is 5.96. The third-order valence-electron chi connectivity index (χ3n) is 2.34. The molecule has 0 aliphatic carbocycles. The van der Waals surface area contributed by atoms with Crippen LogP contribution in [0.15, 0.2) is 24.3 Å². The van der Waals surface area contributed by atoms with Crippen molar-refractivity contribution in [1.29, 1.82) is 0 Å². The Morgan fingerprint density at radius 1 is 1.32 bits per heavy atom. The number of aromatic hydroxyl groups is 1. The number of carboxylic acid groups (broad SMARTS) is 1. The quantitative estimate of drug-likeness (QED) is 0.792. The van der Waals surface area contributed by atoms with Crippen molar-refractivity contribution < 1.29 is 19.8 Å². The Balaban J connectivity index is 3.01. The summed E-state index contributed by atoms with van der Waals surface area (Å²) in [4.78, 5) is 25.2. The van der Waals surface area contributed by atoms with Crippen molar-refractivity contribution in [2.75, 3.05) is 25.0 Å².